The van der Waals surface area contributed by atoms with Gasteiger partial charge in [0, 0.05) is 6.54 Å². The minimum absolute atomic E-state index is 0.00778. The van der Waals surface area contributed by atoms with Gasteiger partial charge in [0.25, 0.3) is 0 Å². The van der Waals surface area contributed by atoms with Crippen LogP contribution in [0.4, 0.5) is 0 Å². The maximum Gasteiger partial charge on any atom is 0.309 e. The molecule has 1 heterocycles. The SMILES string of the molecule is COC(=O)C(C)CN1CCC(C)CC1. The summed E-state index contributed by atoms with van der Waals surface area (Å²) < 4.78 is 4.71. The van der Waals surface area contributed by atoms with Crippen LogP contribution < -0.4 is 0 Å². The number of rotatable bonds is 3. The molecule has 0 saturated carbocycles. The zero-order valence-electron chi connectivity index (χ0n) is 9.45. The number of nitrogens with zero attached hydrogens (tertiary/aromatic N) is 1. The van der Waals surface area contributed by atoms with Crippen molar-refractivity contribution in [3.05, 3.63) is 0 Å². The van der Waals surface area contributed by atoms with Gasteiger partial charge < -0.3 is 9.64 Å². The van der Waals surface area contributed by atoms with Gasteiger partial charge in [0.15, 0.2) is 0 Å². The van der Waals surface area contributed by atoms with E-state index in [1.165, 1.54) is 20.0 Å². The molecule has 0 spiro atoms. The van der Waals surface area contributed by atoms with Gasteiger partial charge in [-0.2, -0.15) is 0 Å². The van der Waals surface area contributed by atoms with E-state index in [2.05, 4.69) is 11.8 Å². The first-order valence-electron chi connectivity index (χ1n) is 5.43. The zero-order chi connectivity index (χ0) is 10.6. The number of carbonyl (C=O) groups excluding carboxylic acids is 1. The van der Waals surface area contributed by atoms with Crippen molar-refractivity contribution in [1.82, 2.24) is 4.90 Å². The maximum absolute atomic E-state index is 11.2. The topological polar surface area (TPSA) is 29.5 Å². The number of methoxy groups -OCH3 is 1. The van der Waals surface area contributed by atoms with E-state index in [1.807, 2.05) is 6.92 Å². The lowest BCUT2D eigenvalue weighted by Crippen LogP contribution is -2.38. The quantitative estimate of drug-likeness (QED) is 0.646. The molecule has 3 heteroatoms. The predicted molar refractivity (Wildman–Crippen MR) is 56.0 cm³/mol. The van der Waals surface area contributed by atoms with Crippen molar-refractivity contribution in [2.24, 2.45) is 11.8 Å². The van der Waals surface area contributed by atoms with Crippen molar-refractivity contribution >= 4 is 5.97 Å². The molecule has 14 heavy (non-hydrogen) atoms. The fraction of sp³-hybridized carbons (Fsp3) is 0.909. The molecule has 1 aliphatic rings. The highest BCUT2D eigenvalue weighted by atomic mass is 16.5. The van der Waals surface area contributed by atoms with Crippen LogP contribution >= 0.6 is 0 Å². The predicted octanol–water partition coefficient (Wildman–Crippen LogP) is 1.53. The Balaban J connectivity index is 2.27. The van der Waals surface area contributed by atoms with Crippen LogP contribution in [0.15, 0.2) is 0 Å². The molecular formula is C11H21NO2. The van der Waals surface area contributed by atoms with E-state index < -0.39 is 0 Å². The van der Waals surface area contributed by atoms with E-state index in [0.717, 1.165) is 25.6 Å². The van der Waals surface area contributed by atoms with E-state index in [1.54, 1.807) is 0 Å². The summed E-state index contributed by atoms with van der Waals surface area (Å²) in [4.78, 5) is 13.6. The molecule has 0 aliphatic carbocycles. The van der Waals surface area contributed by atoms with Crippen LogP contribution in [0.5, 0.6) is 0 Å². The highest BCUT2D eigenvalue weighted by Crippen LogP contribution is 2.17. The van der Waals surface area contributed by atoms with Crippen LogP contribution in [-0.4, -0.2) is 37.6 Å². The molecule has 0 aromatic rings. The van der Waals surface area contributed by atoms with Gasteiger partial charge in [-0.25, -0.2) is 0 Å². The molecule has 3 nitrogen and oxygen atoms in total. The van der Waals surface area contributed by atoms with Crippen molar-refractivity contribution in [2.75, 3.05) is 26.7 Å². The van der Waals surface area contributed by atoms with Crippen LogP contribution in [0.2, 0.25) is 0 Å². The number of esters is 1. The molecule has 1 atom stereocenters. The molecule has 82 valence electrons. The second-order valence-corrected chi connectivity index (χ2v) is 4.41. The second kappa shape index (κ2) is 5.35. The Labute approximate surface area is 86.4 Å². The Morgan fingerprint density at radius 1 is 1.50 bits per heavy atom. The summed E-state index contributed by atoms with van der Waals surface area (Å²) >= 11 is 0. The van der Waals surface area contributed by atoms with Crippen LogP contribution in [0.1, 0.15) is 26.7 Å². The fourth-order valence-corrected chi connectivity index (χ4v) is 1.91. The normalized spacial score (nSPS) is 21.9. The lowest BCUT2D eigenvalue weighted by atomic mass is 9.98. The highest BCUT2D eigenvalue weighted by Gasteiger charge is 2.21. The molecule has 0 bridgehead atoms. The van der Waals surface area contributed by atoms with Gasteiger partial charge in [-0.3, -0.25) is 4.79 Å². The molecular weight excluding hydrogens is 178 g/mol. The molecule has 0 aromatic carbocycles. The molecule has 0 amide bonds. The molecule has 1 aliphatic heterocycles. The van der Waals surface area contributed by atoms with Crippen molar-refractivity contribution in [3.63, 3.8) is 0 Å². The highest BCUT2D eigenvalue weighted by molar-refractivity contribution is 5.72. The number of hydrogen-bond acceptors (Lipinski definition) is 3. The first-order chi connectivity index (χ1) is 6.63. The van der Waals surface area contributed by atoms with Gasteiger partial charge >= 0.3 is 5.97 Å². The minimum atomic E-state index is -0.0939. The number of carbonyl (C=O) groups is 1. The van der Waals surface area contributed by atoms with E-state index >= 15 is 0 Å². The summed E-state index contributed by atoms with van der Waals surface area (Å²) in [5.74, 6) is 0.761. The molecule has 1 rings (SSSR count). The van der Waals surface area contributed by atoms with Gasteiger partial charge in [0.2, 0.25) is 0 Å². The Morgan fingerprint density at radius 2 is 2.07 bits per heavy atom. The summed E-state index contributed by atoms with van der Waals surface area (Å²) in [6.45, 7) is 7.33. The van der Waals surface area contributed by atoms with Crippen molar-refractivity contribution in [3.8, 4) is 0 Å². The smallest absolute Gasteiger partial charge is 0.309 e. The average molecular weight is 199 g/mol. The monoisotopic (exact) mass is 199 g/mol. The van der Waals surface area contributed by atoms with Gasteiger partial charge in [0.05, 0.1) is 13.0 Å². The zero-order valence-corrected chi connectivity index (χ0v) is 9.45. The third-order valence-electron chi connectivity index (χ3n) is 3.01. The van der Waals surface area contributed by atoms with E-state index in [0.29, 0.717) is 0 Å². The number of likely N-dealkylation sites (tertiary alicyclic amines) is 1. The summed E-state index contributed by atoms with van der Waals surface area (Å²) in [5.41, 5.74) is 0. The second-order valence-electron chi connectivity index (χ2n) is 4.41. The fourth-order valence-electron chi connectivity index (χ4n) is 1.91. The van der Waals surface area contributed by atoms with Gasteiger partial charge in [-0.05, 0) is 31.8 Å². The molecule has 1 unspecified atom stereocenters. The van der Waals surface area contributed by atoms with Crippen LogP contribution in [0.3, 0.4) is 0 Å². The number of hydrogen-bond donors (Lipinski definition) is 0. The van der Waals surface area contributed by atoms with Crippen molar-refractivity contribution in [2.45, 2.75) is 26.7 Å². The Bertz CT molecular complexity index is 186. The Morgan fingerprint density at radius 3 is 2.57 bits per heavy atom. The van der Waals surface area contributed by atoms with Gasteiger partial charge in [-0.15, -0.1) is 0 Å². The van der Waals surface area contributed by atoms with Crippen molar-refractivity contribution in [1.29, 1.82) is 0 Å². The minimum Gasteiger partial charge on any atom is -0.469 e. The average Bonchev–Trinajstić information content (AvgIpc) is 2.20. The third kappa shape index (κ3) is 3.29. The maximum atomic E-state index is 11.2. The summed E-state index contributed by atoms with van der Waals surface area (Å²) in [7, 11) is 1.46. The number of ether oxygens (including phenoxy) is 1. The summed E-state index contributed by atoms with van der Waals surface area (Å²) in [6.07, 6.45) is 2.52. The van der Waals surface area contributed by atoms with Crippen molar-refractivity contribution < 1.29 is 9.53 Å². The molecule has 1 saturated heterocycles. The Hall–Kier alpha value is -0.570. The third-order valence-corrected chi connectivity index (χ3v) is 3.01. The Kier molecular flexibility index (Phi) is 4.39. The molecule has 0 radical (unpaired) electrons. The summed E-state index contributed by atoms with van der Waals surface area (Å²) in [6, 6.07) is 0. The molecule has 0 N–H and O–H groups in total. The molecule has 0 aromatic heterocycles. The van der Waals surface area contributed by atoms with Gasteiger partial charge in [-0.1, -0.05) is 13.8 Å². The van der Waals surface area contributed by atoms with Gasteiger partial charge in [0.1, 0.15) is 0 Å². The van der Waals surface area contributed by atoms with E-state index in [9.17, 15) is 4.79 Å². The van der Waals surface area contributed by atoms with Crippen LogP contribution in [0, 0.1) is 11.8 Å². The van der Waals surface area contributed by atoms with Crippen LogP contribution in [-0.2, 0) is 9.53 Å². The first kappa shape index (κ1) is 11.5. The lowest BCUT2D eigenvalue weighted by Gasteiger charge is -2.31. The lowest BCUT2D eigenvalue weighted by molar-refractivity contribution is -0.145. The van der Waals surface area contributed by atoms with Crippen LogP contribution in [0.25, 0.3) is 0 Å². The summed E-state index contributed by atoms with van der Waals surface area (Å²) in [5, 5.41) is 0. The largest absolute Gasteiger partial charge is 0.469 e. The van der Waals surface area contributed by atoms with E-state index in [-0.39, 0.29) is 11.9 Å². The number of piperidine rings is 1. The first-order valence-corrected chi connectivity index (χ1v) is 5.43. The standard InChI is InChI=1S/C11H21NO2/c1-9-4-6-12(7-5-9)8-10(2)11(13)14-3/h9-10H,4-8H2,1-3H3. The van der Waals surface area contributed by atoms with E-state index in [4.69, 9.17) is 4.74 Å². The molecule has 1 fully saturated rings.